The van der Waals surface area contributed by atoms with Gasteiger partial charge in [-0.3, -0.25) is 0 Å². The van der Waals surface area contributed by atoms with E-state index in [2.05, 4.69) is 11.4 Å². The fourth-order valence-corrected chi connectivity index (χ4v) is 2.54. The van der Waals surface area contributed by atoms with Crippen LogP contribution in [0, 0.1) is 5.92 Å². The highest BCUT2D eigenvalue weighted by Crippen LogP contribution is 2.40. The summed E-state index contributed by atoms with van der Waals surface area (Å²) in [5.74, 6) is 3.18. The first-order valence-electron chi connectivity index (χ1n) is 5.40. The Labute approximate surface area is 102 Å². The van der Waals surface area contributed by atoms with Crippen molar-refractivity contribution < 1.29 is 9.47 Å². The van der Waals surface area contributed by atoms with Gasteiger partial charge in [0.2, 0.25) is 0 Å². The molecule has 0 unspecified atom stereocenters. The van der Waals surface area contributed by atoms with E-state index in [0.717, 1.165) is 31.2 Å². The summed E-state index contributed by atoms with van der Waals surface area (Å²) in [4.78, 5) is 0. The van der Waals surface area contributed by atoms with Crippen LogP contribution < -0.4 is 14.8 Å². The fraction of sp³-hybridized carbons (Fsp3) is 0.500. The monoisotopic (exact) mass is 241 g/mol. The average molecular weight is 242 g/mol. The normalized spacial score (nSPS) is 26.1. The van der Waals surface area contributed by atoms with Gasteiger partial charge in [0.1, 0.15) is 11.5 Å². The molecule has 1 N–H and O–H groups in total. The Morgan fingerprint density at radius 2 is 2.25 bits per heavy atom. The molecule has 2 heterocycles. The molecule has 1 saturated heterocycles. The number of hydrogen-bond donors (Lipinski definition) is 1. The number of ether oxygens (including phenoxy) is 2. The summed E-state index contributed by atoms with van der Waals surface area (Å²) in [7, 11) is 1.70. The number of methoxy groups -OCH3 is 1. The van der Waals surface area contributed by atoms with Crippen molar-refractivity contribution in [3.63, 3.8) is 0 Å². The van der Waals surface area contributed by atoms with Crippen LogP contribution in [0.2, 0.25) is 0 Å². The molecule has 0 amide bonds. The average Bonchev–Trinajstić information content (AvgIpc) is 2.76. The van der Waals surface area contributed by atoms with E-state index in [9.17, 15) is 0 Å². The van der Waals surface area contributed by atoms with Gasteiger partial charge < -0.3 is 14.8 Å². The van der Waals surface area contributed by atoms with Crippen LogP contribution in [0.4, 0.5) is 0 Å². The number of halogens is 1. The van der Waals surface area contributed by atoms with Crippen molar-refractivity contribution in [3.05, 3.63) is 23.8 Å². The Morgan fingerprint density at radius 3 is 3.06 bits per heavy atom. The molecule has 2 aliphatic heterocycles. The standard InChI is InChI=1S/C12H15NO2.ClH/c1-14-9-2-3-12-10(4-9)11-6-13-5-8(11)7-15-12;/h2-4,8,11,13H,5-7H2,1H3;1H/t8-,11+;/m1./s1. The van der Waals surface area contributed by atoms with Gasteiger partial charge in [0.25, 0.3) is 0 Å². The first kappa shape index (κ1) is 11.6. The predicted molar refractivity (Wildman–Crippen MR) is 64.8 cm³/mol. The number of benzene rings is 1. The van der Waals surface area contributed by atoms with Crippen molar-refractivity contribution in [3.8, 4) is 11.5 Å². The van der Waals surface area contributed by atoms with E-state index in [4.69, 9.17) is 9.47 Å². The van der Waals surface area contributed by atoms with Gasteiger partial charge in [-0.2, -0.15) is 0 Å². The van der Waals surface area contributed by atoms with Gasteiger partial charge in [0, 0.05) is 30.5 Å². The molecule has 16 heavy (non-hydrogen) atoms. The molecule has 0 aliphatic carbocycles. The molecule has 2 atom stereocenters. The van der Waals surface area contributed by atoms with Crippen LogP contribution in [0.5, 0.6) is 11.5 Å². The lowest BCUT2D eigenvalue weighted by Crippen LogP contribution is -2.24. The van der Waals surface area contributed by atoms with Gasteiger partial charge in [-0.05, 0) is 18.2 Å². The molecule has 4 heteroatoms. The maximum absolute atomic E-state index is 5.74. The van der Waals surface area contributed by atoms with Crippen LogP contribution in [0.15, 0.2) is 18.2 Å². The Kier molecular flexibility index (Phi) is 3.26. The van der Waals surface area contributed by atoms with Crippen LogP contribution in [-0.4, -0.2) is 26.8 Å². The molecule has 3 nitrogen and oxygen atoms in total. The minimum atomic E-state index is 0. The highest BCUT2D eigenvalue weighted by Gasteiger charge is 2.34. The molecular formula is C12H16ClNO2. The van der Waals surface area contributed by atoms with Crippen molar-refractivity contribution in [2.45, 2.75) is 5.92 Å². The highest BCUT2D eigenvalue weighted by molar-refractivity contribution is 5.85. The molecule has 0 spiro atoms. The Bertz CT molecular complexity index is 383. The van der Waals surface area contributed by atoms with E-state index < -0.39 is 0 Å². The lowest BCUT2D eigenvalue weighted by atomic mass is 9.87. The fourth-order valence-electron chi connectivity index (χ4n) is 2.54. The van der Waals surface area contributed by atoms with Crippen molar-refractivity contribution in [2.75, 3.05) is 26.8 Å². The molecule has 1 aromatic carbocycles. The Morgan fingerprint density at radius 1 is 1.38 bits per heavy atom. The molecule has 88 valence electrons. The molecule has 0 aromatic heterocycles. The van der Waals surface area contributed by atoms with Crippen LogP contribution in [-0.2, 0) is 0 Å². The Balaban J connectivity index is 0.000000963. The van der Waals surface area contributed by atoms with E-state index >= 15 is 0 Å². The van der Waals surface area contributed by atoms with E-state index in [1.54, 1.807) is 7.11 Å². The third kappa shape index (κ3) is 1.74. The summed E-state index contributed by atoms with van der Waals surface area (Å²) >= 11 is 0. The zero-order chi connectivity index (χ0) is 10.3. The van der Waals surface area contributed by atoms with E-state index in [1.165, 1.54) is 5.56 Å². The number of nitrogens with one attached hydrogen (secondary N) is 1. The third-order valence-corrected chi connectivity index (χ3v) is 3.41. The topological polar surface area (TPSA) is 30.5 Å². The van der Waals surface area contributed by atoms with E-state index in [-0.39, 0.29) is 12.4 Å². The summed E-state index contributed by atoms with van der Waals surface area (Å²) in [5, 5.41) is 3.42. The van der Waals surface area contributed by atoms with Gasteiger partial charge in [-0.1, -0.05) is 0 Å². The summed E-state index contributed by atoms with van der Waals surface area (Å²) in [6.45, 7) is 2.98. The first-order valence-corrected chi connectivity index (χ1v) is 5.40. The number of fused-ring (bicyclic) bond motifs is 3. The molecule has 0 bridgehead atoms. The molecule has 1 fully saturated rings. The summed E-state index contributed by atoms with van der Waals surface area (Å²) in [5.41, 5.74) is 1.30. The molecule has 0 radical (unpaired) electrons. The number of hydrogen-bond acceptors (Lipinski definition) is 3. The zero-order valence-corrected chi connectivity index (χ0v) is 10.0. The van der Waals surface area contributed by atoms with Gasteiger partial charge in [0.05, 0.1) is 13.7 Å². The van der Waals surface area contributed by atoms with Crippen molar-refractivity contribution >= 4 is 12.4 Å². The van der Waals surface area contributed by atoms with Gasteiger partial charge in [0.15, 0.2) is 0 Å². The van der Waals surface area contributed by atoms with Crippen molar-refractivity contribution in [1.29, 1.82) is 0 Å². The SMILES string of the molecule is COc1ccc2c(c1)[C@H]1CNC[C@@H]1CO2.Cl. The van der Waals surface area contributed by atoms with Gasteiger partial charge in [-0.25, -0.2) is 0 Å². The molecule has 2 aliphatic rings. The first-order chi connectivity index (χ1) is 7.38. The second-order valence-corrected chi connectivity index (χ2v) is 4.24. The smallest absolute Gasteiger partial charge is 0.123 e. The quantitative estimate of drug-likeness (QED) is 0.814. The molecule has 3 rings (SSSR count). The van der Waals surface area contributed by atoms with E-state index in [0.29, 0.717) is 11.8 Å². The third-order valence-electron chi connectivity index (χ3n) is 3.41. The Hall–Kier alpha value is -0.930. The molecule has 0 saturated carbocycles. The van der Waals surface area contributed by atoms with Crippen LogP contribution in [0.1, 0.15) is 11.5 Å². The highest BCUT2D eigenvalue weighted by atomic mass is 35.5. The second kappa shape index (κ2) is 4.52. The van der Waals surface area contributed by atoms with E-state index in [1.807, 2.05) is 12.1 Å². The van der Waals surface area contributed by atoms with Crippen LogP contribution in [0.25, 0.3) is 0 Å². The number of rotatable bonds is 1. The minimum Gasteiger partial charge on any atom is -0.497 e. The summed E-state index contributed by atoms with van der Waals surface area (Å²) in [6, 6.07) is 6.09. The van der Waals surface area contributed by atoms with Crippen molar-refractivity contribution in [2.24, 2.45) is 5.92 Å². The van der Waals surface area contributed by atoms with Crippen LogP contribution >= 0.6 is 12.4 Å². The molecule has 1 aromatic rings. The summed E-state index contributed by atoms with van der Waals surface area (Å²) in [6.07, 6.45) is 0. The summed E-state index contributed by atoms with van der Waals surface area (Å²) < 4.78 is 11.0. The maximum atomic E-state index is 5.74. The molecular weight excluding hydrogens is 226 g/mol. The van der Waals surface area contributed by atoms with Crippen molar-refractivity contribution in [1.82, 2.24) is 5.32 Å². The zero-order valence-electron chi connectivity index (χ0n) is 9.23. The lowest BCUT2D eigenvalue weighted by molar-refractivity contribution is 0.219. The lowest BCUT2D eigenvalue weighted by Gasteiger charge is -2.28. The predicted octanol–water partition coefficient (Wildman–Crippen LogP) is 1.81. The van der Waals surface area contributed by atoms with Gasteiger partial charge >= 0.3 is 0 Å². The van der Waals surface area contributed by atoms with Crippen LogP contribution in [0.3, 0.4) is 0 Å². The minimum absolute atomic E-state index is 0. The second-order valence-electron chi connectivity index (χ2n) is 4.24. The largest absolute Gasteiger partial charge is 0.497 e. The van der Waals surface area contributed by atoms with Gasteiger partial charge in [-0.15, -0.1) is 12.4 Å². The maximum Gasteiger partial charge on any atom is 0.123 e.